The van der Waals surface area contributed by atoms with Gasteiger partial charge in [-0.2, -0.15) is 0 Å². The molecule has 1 atom stereocenters. The van der Waals surface area contributed by atoms with Gasteiger partial charge in [0.05, 0.1) is 0 Å². The molecule has 2 rings (SSSR count). The van der Waals surface area contributed by atoms with Crippen molar-refractivity contribution in [3.8, 4) is 5.69 Å². The van der Waals surface area contributed by atoms with Gasteiger partial charge in [0.2, 0.25) is 0 Å². The fourth-order valence-corrected chi connectivity index (χ4v) is 1.92. The summed E-state index contributed by atoms with van der Waals surface area (Å²) in [5.41, 5.74) is 1.35. The predicted molar refractivity (Wildman–Crippen MR) is 79.5 cm³/mol. The minimum atomic E-state index is -1.08. The number of rotatable bonds is 6. The van der Waals surface area contributed by atoms with E-state index in [0.29, 0.717) is 5.56 Å². The van der Waals surface area contributed by atoms with Crippen LogP contribution in [0.25, 0.3) is 5.69 Å². The van der Waals surface area contributed by atoms with E-state index < -0.39 is 17.9 Å². The van der Waals surface area contributed by atoms with Crippen LogP contribution in [-0.4, -0.2) is 27.6 Å². The molecule has 2 aromatic rings. The van der Waals surface area contributed by atoms with Crippen molar-refractivity contribution >= 4 is 11.9 Å². The Kier molecular flexibility index (Phi) is 4.56. The first-order valence-electron chi connectivity index (χ1n) is 6.50. The van der Waals surface area contributed by atoms with E-state index in [2.05, 4.69) is 11.9 Å². The first kappa shape index (κ1) is 14.6. The van der Waals surface area contributed by atoms with Gasteiger partial charge in [-0.25, -0.2) is 4.79 Å². The number of carbonyl (C=O) groups is 2. The largest absolute Gasteiger partial charge is 0.480 e. The number of nitrogens with one attached hydrogen (secondary N) is 1. The highest BCUT2D eigenvalue weighted by molar-refractivity contribution is 5.96. The van der Waals surface area contributed by atoms with Crippen molar-refractivity contribution in [1.29, 1.82) is 0 Å². The van der Waals surface area contributed by atoms with E-state index >= 15 is 0 Å². The van der Waals surface area contributed by atoms with Crippen molar-refractivity contribution in [3.63, 3.8) is 0 Å². The average molecular weight is 284 g/mol. The lowest BCUT2D eigenvalue weighted by molar-refractivity contribution is -0.139. The lowest BCUT2D eigenvalue weighted by atomic mass is 10.1. The van der Waals surface area contributed by atoms with Gasteiger partial charge in [-0.05, 0) is 42.8 Å². The molecular formula is C16H16N2O3. The fourth-order valence-electron chi connectivity index (χ4n) is 1.92. The molecule has 1 heterocycles. The molecule has 0 fully saturated rings. The van der Waals surface area contributed by atoms with Crippen LogP contribution in [0, 0.1) is 0 Å². The van der Waals surface area contributed by atoms with Crippen LogP contribution in [-0.2, 0) is 4.79 Å². The lowest BCUT2D eigenvalue weighted by Crippen LogP contribution is -2.40. The van der Waals surface area contributed by atoms with Gasteiger partial charge in [0.15, 0.2) is 0 Å². The molecule has 1 aromatic heterocycles. The third kappa shape index (κ3) is 3.60. The summed E-state index contributed by atoms with van der Waals surface area (Å²) in [7, 11) is 0. The van der Waals surface area contributed by atoms with Crippen LogP contribution in [0.15, 0.2) is 61.4 Å². The molecule has 0 saturated carbocycles. The Morgan fingerprint density at radius 2 is 1.86 bits per heavy atom. The predicted octanol–water partition coefficient (Wildman–Crippen LogP) is 2.24. The molecule has 2 N–H and O–H groups in total. The van der Waals surface area contributed by atoms with Gasteiger partial charge in [0.1, 0.15) is 6.04 Å². The van der Waals surface area contributed by atoms with Gasteiger partial charge in [0.25, 0.3) is 5.91 Å². The Balaban J connectivity index is 2.09. The molecule has 1 aromatic carbocycles. The fraction of sp³-hybridized carbons (Fsp3) is 0.125. The SMILES string of the molecule is C=CCC(NC(=O)c1ccc(-n2cccc2)cc1)C(=O)O. The van der Waals surface area contributed by atoms with E-state index in [4.69, 9.17) is 5.11 Å². The van der Waals surface area contributed by atoms with Crippen LogP contribution in [0.3, 0.4) is 0 Å². The molecule has 0 aliphatic rings. The van der Waals surface area contributed by atoms with Gasteiger partial charge >= 0.3 is 5.97 Å². The molecule has 0 aliphatic carbocycles. The third-order valence-corrected chi connectivity index (χ3v) is 3.04. The summed E-state index contributed by atoms with van der Waals surface area (Å²) >= 11 is 0. The van der Waals surface area contributed by atoms with Crippen molar-refractivity contribution in [2.75, 3.05) is 0 Å². The summed E-state index contributed by atoms with van der Waals surface area (Å²) in [5.74, 6) is -1.49. The molecular weight excluding hydrogens is 268 g/mol. The van der Waals surface area contributed by atoms with Gasteiger partial charge in [-0.15, -0.1) is 6.58 Å². The number of nitrogens with zero attached hydrogens (tertiary/aromatic N) is 1. The van der Waals surface area contributed by atoms with Crippen molar-refractivity contribution in [2.24, 2.45) is 0 Å². The van der Waals surface area contributed by atoms with Crippen molar-refractivity contribution in [2.45, 2.75) is 12.5 Å². The van der Waals surface area contributed by atoms with Crippen LogP contribution in [0.4, 0.5) is 0 Å². The number of carboxylic acid groups (broad SMARTS) is 1. The van der Waals surface area contributed by atoms with Gasteiger partial charge in [-0.3, -0.25) is 4.79 Å². The Morgan fingerprint density at radius 3 is 2.38 bits per heavy atom. The number of carbonyl (C=O) groups excluding carboxylic acids is 1. The van der Waals surface area contributed by atoms with Crippen LogP contribution in [0.2, 0.25) is 0 Å². The summed E-state index contributed by atoms with van der Waals surface area (Å²) in [6.45, 7) is 3.49. The second kappa shape index (κ2) is 6.56. The van der Waals surface area contributed by atoms with E-state index in [-0.39, 0.29) is 6.42 Å². The molecule has 0 spiro atoms. The molecule has 5 heteroatoms. The molecule has 108 valence electrons. The maximum absolute atomic E-state index is 12.0. The third-order valence-electron chi connectivity index (χ3n) is 3.04. The van der Waals surface area contributed by atoms with E-state index in [0.717, 1.165) is 5.69 Å². The summed E-state index contributed by atoms with van der Waals surface area (Å²) in [5, 5.41) is 11.5. The standard InChI is InChI=1S/C16H16N2O3/c1-2-5-14(16(20)21)17-15(19)12-6-8-13(9-7-12)18-10-3-4-11-18/h2-4,6-11,14H,1,5H2,(H,17,19)(H,20,21). The number of hydrogen-bond acceptors (Lipinski definition) is 2. The summed E-state index contributed by atoms with van der Waals surface area (Å²) in [6, 6.07) is 9.80. The molecule has 0 saturated heterocycles. The van der Waals surface area contributed by atoms with E-state index in [1.165, 1.54) is 6.08 Å². The number of carboxylic acids is 1. The highest BCUT2D eigenvalue weighted by atomic mass is 16.4. The Bertz CT molecular complexity index is 630. The zero-order chi connectivity index (χ0) is 15.2. The molecule has 21 heavy (non-hydrogen) atoms. The first-order valence-corrected chi connectivity index (χ1v) is 6.50. The minimum Gasteiger partial charge on any atom is -0.480 e. The van der Waals surface area contributed by atoms with Crippen molar-refractivity contribution in [3.05, 3.63) is 67.0 Å². The average Bonchev–Trinajstić information content (AvgIpc) is 3.01. The first-order chi connectivity index (χ1) is 10.1. The normalized spacial score (nSPS) is 11.6. The number of amides is 1. The zero-order valence-corrected chi connectivity index (χ0v) is 11.4. The van der Waals surface area contributed by atoms with Crippen LogP contribution in [0.5, 0.6) is 0 Å². The Morgan fingerprint density at radius 1 is 1.24 bits per heavy atom. The molecule has 5 nitrogen and oxygen atoms in total. The Labute approximate surface area is 122 Å². The van der Waals surface area contributed by atoms with Gasteiger partial charge in [0, 0.05) is 23.6 Å². The number of aromatic nitrogens is 1. The van der Waals surface area contributed by atoms with E-state index in [1.807, 2.05) is 29.1 Å². The molecule has 0 bridgehead atoms. The topological polar surface area (TPSA) is 71.3 Å². The minimum absolute atomic E-state index is 0.183. The molecule has 1 unspecified atom stereocenters. The highest BCUT2D eigenvalue weighted by Gasteiger charge is 2.18. The van der Waals surface area contributed by atoms with Crippen LogP contribution >= 0.6 is 0 Å². The quantitative estimate of drug-likeness (QED) is 0.799. The smallest absolute Gasteiger partial charge is 0.326 e. The van der Waals surface area contributed by atoms with Gasteiger partial charge < -0.3 is 15.0 Å². The molecule has 1 amide bonds. The second-order valence-corrected chi connectivity index (χ2v) is 4.53. The summed E-state index contributed by atoms with van der Waals surface area (Å²) in [4.78, 5) is 23.0. The maximum atomic E-state index is 12.0. The molecule has 0 radical (unpaired) electrons. The second-order valence-electron chi connectivity index (χ2n) is 4.53. The molecule has 0 aliphatic heterocycles. The summed E-state index contributed by atoms with van der Waals surface area (Å²) < 4.78 is 1.92. The highest BCUT2D eigenvalue weighted by Crippen LogP contribution is 2.10. The van der Waals surface area contributed by atoms with E-state index in [9.17, 15) is 9.59 Å². The van der Waals surface area contributed by atoms with Crippen molar-refractivity contribution in [1.82, 2.24) is 9.88 Å². The maximum Gasteiger partial charge on any atom is 0.326 e. The Hall–Kier alpha value is -2.82. The lowest BCUT2D eigenvalue weighted by Gasteiger charge is -2.12. The van der Waals surface area contributed by atoms with Crippen LogP contribution in [0.1, 0.15) is 16.8 Å². The zero-order valence-electron chi connectivity index (χ0n) is 11.4. The van der Waals surface area contributed by atoms with Gasteiger partial charge in [-0.1, -0.05) is 6.08 Å². The number of aliphatic carboxylic acids is 1. The van der Waals surface area contributed by atoms with E-state index in [1.54, 1.807) is 24.3 Å². The van der Waals surface area contributed by atoms with Crippen molar-refractivity contribution < 1.29 is 14.7 Å². The summed E-state index contributed by atoms with van der Waals surface area (Å²) in [6.07, 6.45) is 5.45. The monoisotopic (exact) mass is 284 g/mol. The number of hydrogen-bond donors (Lipinski definition) is 2. The van der Waals surface area contributed by atoms with Crippen LogP contribution < -0.4 is 5.32 Å². The number of benzene rings is 1.